The zero-order valence-corrected chi connectivity index (χ0v) is 9.29. The van der Waals surface area contributed by atoms with Gasteiger partial charge in [-0.05, 0) is 13.8 Å². The van der Waals surface area contributed by atoms with E-state index in [9.17, 15) is 9.90 Å². The van der Waals surface area contributed by atoms with Crippen molar-refractivity contribution < 1.29 is 9.90 Å². The van der Waals surface area contributed by atoms with Crippen LogP contribution in [-0.2, 0) is 4.79 Å². The van der Waals surface area contributed by atoms with Gasteiger partial charge in [-0.3, -0.25) is 9.69 Å². The van der Waals surface area contributed by atoms with Crippen LogP contribution in [0.5, 0.6) is 0 Å². The summed E-state index contributed by atoms with van der Waals surface area (Å²) in [4.78, 5) is 15.2. The Balaban J connectivity index is 2.47. The van der Waals surface area contributed by atoms with Gasteiger partial charge in [-0.1, -0.05) is 0 Å². The van der Waals surface area contributed by atoms with E-state index in [1.165, 1.54) is 0 Å². The number of nitrogens with zero attached hydrogens (tertiary/aromatic N) is 2. The van der Waals surface area contributed by atoms with E-state index >= 15 is 0 Å². The van der Waals surface area contributed by atoms with Crippen LogP contribution >= 0.6 is 0 Å². The van der Waals surface area contributed by atoms with E-state index in [2.05, 4.69) is 4.90 Å². The Labute approximate surface area is 85.5 Å². The third kappa shape index (κ3) is 2.45. The minimum absolute atomic E-state index is 0.145. The van der Waals surface area contributed by atoms with E-state index in [0.29, 0.717) is 0 Å². The lowest BCUT2D eigenvalue weighted by atomic mass is 10.0. The lowest BCUT2D eigenvalue weighted by molar-refractivity contribution is -0.131. The Morgan fingerprint density at radius 2 is 1.79 bits per heavy atom. The predicted molar refractivity (Wildman–Crippen MR) is 55.0 cm³/mol. The van der Waals surface area contributed by atoms with Crippen molar-refractivity contribution in [3.63, 3.8) is 0 Å². The topological polar surface area (TPSA) is 43.8 Å². The molecule has 1 aliphatic heterocycles. The van der Waals surface area contributed by atoms with E-state index in [4.69, 9.17) is 0 Å². The van der Waals surface area contributed by atoms with Crippen molar-refractivity contribution >= 4 is 5.91 Å². The molecule has 0 aliphatic carbocycles. The van der Waals surface area contributed by atoms with Gasteiger partial charge in [0.1, 0.15) is 0 Å². The number of hydrogen-bond acceptors (Lipinski definition) is 3. The van der Waals surface area contributed by atoms with Gasteiger partial charge in [-0.25, -0.2) is 0 Å². The molecule has 14 heavy (non-hydrogen) atoms. The van der Waals surface area contributed by atoms with Crippen molar-refractivity contribution in [1.29, 1.82) is 0 Å². The molecule has 0 atom stereocenters. The van der Waals surface area contributed by atoms with Gasteiger partial charge in [-0.15, -0.1) is 0 Å². The summed E-state index contributed by atoms with van der Waals surface area (Å²) in [6.45, 7) is 9.07. The van der Waals surface area contributed by atoms with Crippen LogP contribution in [-0.4, -0.2) is 59.1 Å². The Kier molecular flexibility index (Phi) is 3.50. The molecule has 1 rings (SSSR count). The van der Waals surface area contributed by atoms with Crippen LogP contribution in [0, 0.1) is 0 Å². The number of amides is 1. The number of aliphatic hydroxyl groups is 1. The van der Waals surface area contributed by atoms with E-state index in [1.807, 2.05) is 18.7 Å². The molecule has 0 aromatic rings. The number of rotatable bonds is 2. The van der Waals surface area contributed by atoms with Crippen LogP contribution in [0.1, 0.15) is 20.8 Å². The second kappa shape index (κ2) is 4.28. The second-order valence-corrected chi connectivity index (χ2v) is 4.46. The first kappa shape index (κ1) is 11.5. The van der Waals surface area contributed by atoms with Crippen LogP contribution in [0.15, 0.2) is 0 Å². The molecule has 0 aromatic carbocycles. The van der Waals surface area contributed by atoms with Gasteiger partial charge in [0, 0.05) is 38.6 Å². The summed E-state index contributed by atoms with van der Waals surface area (Å²) in [5.74, 6) is 0.145. The smallest absolute Gasteiger partial charge is 0.219 e. The van der Waals surface area contributed by atoms with E-state index in [-0.39, 0.29) is 18.1 Å². The van der Waals surface area contributed by atoms with Crippen molar-refractivity contribution in [2.75, 3.05) is 32.8 Å². The molecule has 1 heterocycles. The highest BCUT2D eigenvalue weighted by molar-refractivity contribution is 5.73. The maximum absolute atomic E-state index is 11.1. The monoisotopic (exact) mass is 200 g/mol. The van der Waals surface area contributed by atoms with Crippen LogP contribution < -0.4 is 0 Å². The molecular formula is C10H20N2O2. The Bertz CT molecular complexity index is 208. The number of hydrogen-bond donors (Lipinski definition) is 1. The summed E-state index contributed by atoms with van der Waals surface area (Å²) < 4.78 is 0. The van der Waals surface area contributed by atoms with Crippen molar-refractivity contribution in [1.82, 2.24) is 9.80 Å². The van der Waals surface area contributed by atoms with E-state index < -0.39 is 0 Å². The molecular weight excluding hydrogens is 180 g/mol. The average molecular weight is 200 g/mol. The molecule has 0 bridgehead atoms. The maximum Gasteiger partial charge on any atom is 0.219 e. The maximum atomic E-state index is 11.1. The summed E-state index contributed by atoms with van der Waals surface area (Å²) in [6.07, 6.45) is 0. The summed E-state index contributed by atoms with van der Waals surface area (Å²) in [5, 5.41) is 9.20. The molecule has 0 spiro atoms. The Hall–Kier alpha value is -0.610. The minimum Gasteiger partial charge on any atom is -0.394 e. The SMILES string of the molecule is CC(=O)N1CCN(C(C)(C)CO)CC1. The normalized spacial score (nSPS) is 19.9. The first-order chi connectivity index (χ1) is 6.47. The largest absolute Gasteiger partial charge is 0.394 e. The molecule has 1 amide bonds. The molecule has 0 aromatic heterocycles. The lowest BCUT2D eigenvalue weighted by Crippen LogP contribution is -2.56. The zero-order chi connectivity index (χ0) is 10.8. The molecule has 4 nitrogen and oxygen atoms in total. The molecule has 1 saturated heterocycles. The first-order valence-corrected chi connectivity index (χ1v) is 5.09. The highest BCUT2D eigenvalue weighted by Gasteiger charge is 2.29. The summed E-state index contributed by atoms with van der Waals surface area (Å²) in [6, 6.07) is 0. The van der Waals surface area contributed by atoms with Gasteiger partial charge in [0.15, 0.2) is 0 Å². The summed E-state index contributed by atoms with van der Waals surface area (Å²) in [7, 11) is 0. The van der Waals surface area contributed by atoms with Crippen LogP contribution in [0.25, 0.3) is 0 Å². The second-order valence-electron chi connectivity index (χ2n) is 4.46. The predicted octanol–water partition coefficient (Wildman–Crippen LogP) is -0.0786. The van der Waals surface area contributed by atoms with Crippen LogP contribution in [0.3, 0.4) is 0 Å². The number of aliphatic hydroxyl groups excluding tert-OH is 1. The van der Waals surface area contributed by atoms with Gasteiger partial charge in [0.05, 0.1) is 6.61 Å². The summed E-state index contributed by atoms with van der Waals surface area (Å²) >= 11 is 0. The third-order valence-corrected chi connectivity index (χ3v) is 2.97. The van der Waals surface area contributed by atoms with Crippen molar-refractivity contribution in [3.8, 4) is 0 Å². The fraction of sp³-hybridized carbons (Fsp3) is 0.900. The lowest BCUT2D eigenvalue weighted by Gasteiger charge is -2.42. The van der Waals surface area contributed by atoms with Gasteiger partial charge in [-0.2, -0.15) is 0 Å². The van der Waals surface area contributed by atoms with Crippen molar-refractivity contribution in [2.45, 2.75) is 26.3 Å². The van der Waals surface area contributed by atoms with Crippen molar-refractivity contribution in [3.05, 3.63) is 0 Å². The standard InChI is InChI=1S/C10H20N2O2/c1-9(14)11-4-6-12(7-5-11)10(2,3)8-13/h13H,4-8H2,1-3H3. The van der Waals surface area contributed by atoms with Crippen LogP contribution in [0.2, 0.25) is 0 Å². The molecule has 82 valence electrons. The Morgan fingerprint density at radius 3 is 2.14 bits per heavy atom. The van der Waals surface area contributed by atoms with Crippen LogP contribution in [0.4, 0.5) is 0 Å². The molecule has 0 saturated carbocycles. The number of carbonyl (C=O) groups is 1. The van der Waals surface area contributed by atoms with Gasteiger partial charge in [0.25, 0.3) is 0 Å². The molecule has 1 N–H and O–H groups in total. The van der Waals surface area contributed by atoms with Crippen molar-refractivity contribution in [2.24, 2.45) is 0 Å². The van der Waals surface area contributed by atoms with Gasteiger partial charge in [0.2, 0.25) is 5.91 Å². The molecule has 0 radical (unpaired) electrons. The Morgan fingerprint density at radius 1 is 1.29 bits per heavy atom. The summed E-state index contributed by atoms with van der Waals surface area (Å²) in [5.41, 5.74) is -0.164. The highest BCUT2D eigenvalue weighted by atomic mass is 16.3. The molecule has 1 aliphatic rings. The van der Waals surface area contributed by atoms with Gasteiger partial charge < -0.3 is 10.0 Å². The first-order valence-electron chi connectivity index (χ1n) is 5.09. The van der Waals surface area contributed by atoms with E-state index in [1.54, 1.807) is 6.92 Å². The third-order valence-electron chi connectivity index (χ3n) is 2.97. The number of carbonyl (C=O) groups excluding carboxylic acids is 1. The molecule has 1 fully saturated rings. The average Bonchev–Trinajstić information content (AvgIpc) is 2.18. The van der Waals surface area contributed by atoms with E-state index in [0.717, 1.165) is 26.2 Å². The zero-order valence-electron chi connectivity index (χ0n) is 9.29. The fourth-order valence-electron chi connectivity index (χ4n) is 1.73. The highest BCUT2D eigenvalue weighted by Crippen LogP contribution is 2.15. The number of piperazine rings is 1. The minimum atomic E-state index is -0.164. The van der Waals surface area contributed by atoms with Gasteiger partial charge >= 0.3 is 0 Å². The fourth-order valence-corrected chi connectivity index (χ4v) is 1.73. The quantitative estimate of drug-likeness (QED) is 0.678. The molecule has 4 heteroatoms. The molecule has 0 unspecified atom stereocenters.